The molecular weight excluding hydrogens is 336 g/mol. The molecule has 1 saturated heterocycles. The van der Waals surface area contributed by atoms with E-state index in [1.807, 2.05) is 42.5 Å². The van der Waals surface area contributed by atoms with E-state index in [0.29, 0.717) is 23.4 Å². The number of halogens is 1. The lowest BCUT2D eigenvalue weighted by Gasteiger charge is -2.24. The Kier molecular flexibility index (Phi) is 4.14. The van der Waals surface area contributed by atoms with Crippen molar-refractivity contribution in [1.29, 1.82) is 0 Å². The molecule has 2 bridgehead atoms. The van der Waals surface area contributed by atoms with Gasteiger partial charge in [-0.25, -0.2) is 0 Å². The summed E-state index contributed by atoms with van der Waals surface area (Å²) in [4.78, 5) is 12.8. The molecule has 0 aliphatic carbocycles. The van der Waals surface area contributed by atoms with Crippen LogP contribution in [0.1, 0.15) is 30.9 Å². The van der Waals surface area contributed by atoms with E-state index in [1.54, 1.807) is 0 Å². The molecule has 0 saturated carbocycles. The van der Waals surface area contributed by atoms with Gasteiger partial charge in [-0.2, -0.15) is 0 Å². The molecule has 0 radical (unpaired) electrons. The van der Waals surface area contributed by atoms with Crippen LogP contribution >= 0.6 is 11.6 Å². The van der Waals surface area contributed by atoms with Gasteiger partial charge in [0.05, 0.1) is 5.57 Å². The van der Waals surface area contributed by atoms with Crippen LogP contribution in [-0.4, -0.2) is 23.1 Å². The molecular formula is C21H19ClO3. The summed E-state index contributed by atoms with van der Waals surface area (Å²) in [5.41, 5.74) is 4.32. The number of Topliss-reactive ketones (excluding diaryl/α,β-unsaturated/α-hetero) is 1. The molecule has 2 atom stereocenters. The molecule has 1 fully saturated rings. The molecule has 25 heavy (non-hydrogen) atoms. The third kappa shape index (κ3) is 2.78. The van der Waals surface area contributed by atoms with Crippen LogP contribution in [-0.2, 0) is 16.0 Å². The summed E-state index contributed by atoms with van der Waals surface area (Å²) in [6.45, 7) is 2.05. The summed E-state index contributed by atoms with van der Waals surface area (Å²) in [6, 6.07) is 13.7. The number of carbonyl (C=O) groups is 1. The minimum absolute atomic E-state index is 0.0849. The lowest BCUT2D eigenvalue weighted by molar-refractivity contribution is -0.125. The Balaban J connectivity index is 1.86. The second-order valence-corrected chi connectivity index (χ2v) is 6.98. The van der Waals surface area contributed by atoms with E-state index in [9.17, 15) is 9.90 Å². The van der Waals surface area contributed by atoms with Crippen LogP contribution in [0.5, 0.6) is 0 Å². The number of ketones is 1. The zero-order chi connectivity index (χ0) is 17.6. The number of hydrogen-bond acceptors (Lipinski definition) is 3. The SMILES string of the molecule is CCc1ccc(-c2ccc(Cl)cc2)cc1C1=C(O)[C@H]2CC[C@H](O2)C1=O. The second-order valence-electron chi connectivity index (χ2n) is 6.55. The fraction of sp³-hybridized carbons (Fsp3) is 0.286. The van der Waals surface area contributed by atoms with E-state index in [1.165, 1.54) is 0 Å². The maximum atomic E-state index is 12.8. The highest BCUT2D eigenvalue weighted by atomic mass is 35.5. The monoisotopic (exact) mass is 354 g/mol. The Labute approximate surface area is 151 Å². The maximum Gasteiger partial charge on any atom is 0.195 e. The number of aliphatic hydroxyl groups excluding tert-OH is 1. The highest BCUT2D eigenvalue weighted by molar-refractivity contribution is 6.30. The van der Waals surface area contributed by atoms with Gasteiger partial charge < -0.3 is 9.84 Å². The Hall–Kier alpha value is -2.10. The summed E-state index contributed by atoms with van der Waals surface area (Å²) in [6.07, 6.45) is 1.40. The molecule has 4 rings (SSSR count). The topological polar surface area (TPSA) is 46.5 Å². The van der Waals surface area contributed by atoms with E-state index >= 15 is 0 Å². The lowest BCUT2D eigenvalue weighted by Crippen LogP contribution is -2.30. The van der Waals surface area contributed by atoms with Crippen molar-refractivity contribution < 1.29 is 14.6 Å². The average Bonchev–Trinajstić information content (AvgIpc) is 3.08. The summed E-state index contributed by atoms with van der Waals surface area (Å²) in [5.74, 6) is -0.0177. The van der Waals surface area contributed by atoms with Crippen molar-refractivity contribution in [2.45, 2.75) is 38.4 Å². The zero-order valence-corrected chi connectivity index (χ0v) is 14.7. The van der Waals surface area contributed by atoms with E-state index in [4.69, 9.17) is 16.3 Å². The van der Waals surface area contributed by atoms with Gasteiger partial charge in [0.1, 0.15) is 18.0 Å². The van der Waals surface area contributed by atoms with Gasteiger partial charge in [-0.15, -0.1) is 0 Å². The summed E-state index contributed by atoms with van der Waals surface area (Å²) in [5, 5.41) is 11.3. The van der Waals surface area contributed by atoms with Crippen molar-refractivity contribution in [3.63, 3.8) is 0 Å². The summed E-state index contributed by atoms with van der Waals surface area (Å²) in [7, 11) is 0. The first-order chi connectivity index (χ1) is 12.1. The van der Waals surface area contributed by atoms with Crippen LogP contribution in [0.15, 0.2) is 48.2 Å². The van der Waals surface area contributed by atoms with Gasteiger partial charge in [-0.1, -0.05) is 42.8 Å². The predicted octanol–water partition coefficient (Wildman–Crippen LogP) is 4.97. The van der Waals surface area contributed by atoms with Crippen molar-refractivity contribution >= 4 is 23.0 Å². The first-order valence-electron chi connectivity index (χ1n) is 8.60. The van der Waals surface area contributed by atoms with Crippen molar-refractivity contribution in [2.75, 3.05) is 0 Å². The lowest BCUT2D eigenvalue weighted by atomic mass is 9.88. The van der Waals surface area contributed by atoms with Crippen LogP contribution in [0.3, 0.4) is 0 Å². The molecule has 2 aliphatic heterocycles. The largest absolute Gasteiger partial charge is 0.509 e. The van der Waals surface area contributed by atoms with E-state index in [-0.39, 0.29) is 17.6 Å². The van der Waals surface area contributed by atoms with Crippen molar-refractivity contribution in [3.05, 3.63) is 64.4 Å². The molecule has 3 nitrogen and oxygen atoms in total. The van der Waals surface area contributed by atoms with Gasteiger partial charge >= 0.3 is 0 Å². The molecule has 1 N–H and O–H groups in total. The summed E-state index contributed by atoms with van der Waals surface area (Å²) >= 11 is 5.98. The minimum atomic E-state index is -0.417. The van der Waals surface area contributed by atoms with E-state index in [0.717, 1.165) is 28.7 Å². The van der Waals surface area contributed by atoms with E-state index < -0.39 is 6.10 Å². The Morgan fingerprint density at radius 3 is 2.48 bits per heavy atom. The molecule has 0 amide bonds. The molecule has 0 aromatic heterocycles. The fourth-order valence-electron chi connectivity index (χ4n) is 3.69. The standard InChI is InChI=1S/C21H19ClO3/c1-2-12-3-4-14(13-5-7-15(22)8-6-13)11-16(12)19-20(23)17-9-10-18(25-17)21(19)24/h3-8,11,17-18,23H,2,9-10H2,1H3/t17-,18+/m1/s1. The fourth-order valence-corrected chi connectivity index (χ4v) is 3.82. The van der Waals surface area contributed by atoms with Gasteiger partial charge in [0.15, 0.2) is 5.78 Å². The zero-order valence-electron chi connectivity index (χ0n) is 14.0. The highest BCUT2D eigenvalue weighted by Crippen LogP contribution is 2.39. The van der Waals surface area contributed by atoms with Gasteiger partial charge in [0.2, 0.25) is 0 Å². The average molecular weight is 355 g/mol. The number of carbonyl (C=O) groups excluding carboxylic acids is 1. The number of aliphatic hydroxyl groups is 1. The Bertz CT molecular complexity index is 867. The van der Waals surface area contributed by atoms with Gasteiger partial charge in [0.25, 0.3) is 0 Å². The predicted molar refractivity (Wildman–Crippen MR) is 98.7 cm³/mol. The van der Waals surface area contributed by atoms with Gasteiger partial charge in [-0.3, -0.25) is 4.79 Å². The second kappa shape index (κ2) is 6.32. The first kappa shape index (κ1) is 16.4. The third-order valence-corrected chi connectivity index (χ3v) is 5.31. The van der Waals surface area contributed by atoms with Crippen LogP contribution in [0.4, 0.5) is 0 Å². The van der Waals surface area contributed by atoms with Crippen LogP contribution in [0, 0.1) is 0 Å². The Morgan fingerprint density at radius 2 is 1.76 bits per heavy atom. The van der Waals surface area contributed by atoms with Crippen molar-refractivity contribution in [1.82, 2.24) is 0 Å². The summed E-state index contributed by atoms with van der Waals surface area (Å²) < 4.78 is 5.60. The Morgan fingerprint density at radius 1 is 1.08 bits per heavy atom. The van der Waals surface area contributed by atoms with E-state index in [2.05, 4.69) is 6.92 Å². The van der Waals surface area contributed by atoms with Gasteiger partial charge in [-0.05, 0) is 59.7 Å². The number of fused-ring (bicyclic) bond motifs is 2. The molecule has 4 heteroatoms. The van der Waals surface area contributed by atoms with Crippen LogP contribution in [0.2, 0.25) is 5.02 Å². The number of rotatable bonds is 3. The molecule has 0 unspecified atom stereocenters. The molecule has 2 aromatic carbocycles. The number of ether oxygens (including phenoxy) is 1. The number of aryl methyl sites for hydroxylation is 1. The minimum Gasteiger partial charge on any atom is -0.509 e. The normalized spacial score (nSPS) is 22.6. The molecule has 128 valence electrons. The van der Waals surface area contributed by atoms with Gasteiger partial charge in [0, 0.05) is 5.02 Å². The highest BCUT2D eigenvalue weighted by Gasteiger charge is 2.42. The molecule has 2 aromatic rings. The molecule has 2 aliphatic rings. The third-order valence-electron chi connectivity index (χ3n) is 5.06. The number of benzene rings is 2. The van der Waals surface area contributed by atoms with Crippen molar-refractivity contribution in [2.24, 2.45) is 0 Å². The molecule has 0 spiro atoms. The van der Waals surface area contributed by atoms with Crippen LogP contribution < -0.4 is 0 Å². The molecule has 2 heterocycles. The first-order valence-corrected chi connectivity index (χ1v) is 8.98. The van der Waals surface area contributed by atoms with Crippen LogP contribution in [0.25, 0.3) is 16.7 Å². The maximum absolute atomic E-state index is 12.8. The smallest absolute Gasteiger partial charge is 0.195 e. The number of hydrogen-bond donors (Lipinski definition) is 1. The quantitative estimate of drug-likeness (QED) is 0.846. The van der Waals surface area contributed by atoms with Crippen molar-refractivity contribution in [3.8, 4) is 11.1 Å².